The molecule has 0 aromatic rings. The van der Waals surface area contributed by atoms with Crippen LogP contribution in [0.2, 0.25) is 0 Å². The largest absolute Gasteiger partial charge is 0.0835 e. The van der Waals surface area contributed by atoms with Crippen molar-refractivity contribution in [2.75, 3.05) is 0 Å². The molecule has 2 aliphatic carbocycles. The molecular formula is C10H7Br5. The van der Waals surface area contributed by atoms with E-state index in [1.54, 1.807) is 0 Å². The average Bonchev–Trinajstić information content (AvgIpc) is 2.30. The van der Waals surface area contributed by atoms with Gasteiger partial charge in [0.1, 0.15) is 0 Å². The van der Waals surface area contributed by atoms with Crippen LogP contribution in [0.15, 0.2) is 31.7 Å². The standard InChI is InChI=1S/C10H7Br5/c11-5-3-7(13)9-6(12)1-4(5)2-8(14)10(9)15/h1-5,9-10H. The second kappa shape index (κ2) is 5.09. The maximum atomic E-state index is 3.72. The summed E-state index contributed by atoms with van der Waals surface area (Å²) < 4.78 is 3.64. The zero-order valence-corrected chi connectivity index (χ0v) is 15.4. The first-order chi connectivity index (χ1) is 7.00. The topological polar surface area (TPSA) is 0 Å². The molecule has 0 saturated carbocycles. The Balaban J connectivity index is 2.54. The molecule has 0 spiro atoms. The number of allylic oxidation sites excluding steroid dienone is 6. The Kier molecular flexibility index (Phi) is 4.43. The number of rotatable bonds is 0. The van der Waals surface area contributed by atoms with Gasteiger partial charge in [-0.25, -0.2) is 0 Å². The summed E-state index contributed by atoms with van der Waals surface area (Å²) in [6.45, 7) is 0. The molecule has 0 amide bonds. The van der Waals surface area contributed by atoms with Gasteiger partial charge in [-0.1, -0.05) is 97.9 Å². The Labute approximate surface area is 131 Å². The lowest BCUT2D eigenvalue weighted by Gasteiger charge is -2.22. The minimum absolute atomic E-state index is 0.291. The molecule has 0 fully saturated rings. The minimum atomic E-state index is 0.291. The monoisotopic (exact) mass is 522 g/mol. The van der Waals surface area contributed by atoms with Crippen LogP contribution in [0.5, 0.6) is 0 Å². The molecule has 2 bridgehead atoms. The van der Waals surface area contributed by atoms with Crippen LogP contribution in [-0.2, 0) is 0 Å². The fraction of sp³-hybridized carbons (Fsp3) is 0.400. The minimum Gasteiger partial charge on any atom is -0.0835 e. The van der Waals surface area contributed by atoms with Crippen molar-refractivity contribution in [3.8, 4) is 0 Å². The van der Waals surface area contributed by atoms with Crippen LogP contribution in [0.1, 0.15) is 0 Å². The molecule has 2 rings (SSSR count). The summed E-state index contributed by atoms with van der Waals surface area (Å²) in [6, 6.07) is 0. The first-order valence-corrected chi connectivity index (χ1v) is 8.61. The van der Waals surface area contributed by atoms with Crippen molar-refractivity contribution in [3.63, 3.8) is 0 Å². The molecular weight excluding hydrogens is 520 g/mol. The molecule has 0 nitrogen and oxygen atoms in total. The van der Waals surface area contributed by atoms with Gasteiger partial charge in [-0.05, 0) is 0 Å². The van der Waals surface area contributed by atoms with Crippen molar-refractivity contribution < 1.29 is 0 Å². The molecule has 0 N–H and O–H groups in total. The van der Waals surface area contributed by atoms with E-state index in [0.717, 1.165) is 0 Å². The molecule has 2 aliphatic rings. The van der Waals surface area contributed by atoms with Crippen LogP contribution in [0.25, 0.3) is 0 Å². The second-order valence-corrected chi connectivity index (χ2v) is 8.35. The van der Waals surface area contributed by atoms with E-state index in [0.29, 0.717) is 21.5 Å². The number of hydrogen-bond donors (Lipinski definition) is 0. The third-order valence-electron chi connectivity index (χ3n) is 2.54. The molecule has 15 heavy (non-hydrogen) atoms. The van der Waals surface area contributed by atoms with E-state index in [-0.39, 0.29) is 0 Å². The van der Waals surface area contributed by atoms with Crippen LogP contribution >= 0.6 is 79.6 Å². The predicted octanol–water partition coefficient (Wildman–Crippen LogP) is 5.61. The number of halogens is 5. The number of fused-ring (bicyclic) bond motifs is 2. The van der Waals surface area contributed by atoms with Crippen molar-refractivity contribution in [2.45, 2.75) is 9.65 Å². The van der Waals surface area contributed by atoms with Gasteiger partial charge in [0.05, 0.1) is 4.83 Å². The molecule has 0 radical (unpaired) electrons. The van der Waals surface area contributed by atoms with Crippen LogP contribution in [-0.4, -0.2) is 9.65 Å². The summed E-state index contributed by atoms with van der Waals surface area (Å²) >= 11 is 18.4. The second-order valence-electron chi connectivity index (χ2n) is 3.56. The van der Waals surface area contributed by atoms with Crippen molar-refractivity contribution in [1.29, 1.82) is 0 Å². The van der Waals surface area contributed by atoms with Crippen LogP contribution in [0.3, 0.4) is 0 Å². The van der Waals surface area contributed by atoms with Gasteiger partial charge in [0.2, 0.25) is 0 Å². The Bertz CT molecular complexity index is 364. The Morgan fingerprint density at radius 2 is 1.33 bits per heavy atom. The van der Waals surface area contributed by atoms with E-state index < -0.39 is 0 Å². The summed E-state index contributed by atoms with van der Waals surface area (Å²) in [4.78, 5) is 0.635. The van der Waals surface area contributed by atoms with Gasteiger partial charge >= 0.3 is 0 Å². The third-order valence-corrected chi connectivity index (χ3v) is 7.32. The van der Waals surface area contributed by atoms with Crippen molar-refractivity contribution >= 4 is 79.6 Å². The Morgan fingerprint density at radius 1 is 0.800 bits per heavy atom. The zero-order valence-electron chi connectivity index (χ0n) is 7.43. The maximum absolute atomic E-state index is 3.72. The van der Waals surface area contributed by atoms with Gasteiger partial charge in [-0.2, -0.15) is 0 Å². The van der Waals surface area contributed by atoms with Gasteiger partial charge < -0.3 is 0 Å². The summed E-state index contributed by atoms with van der Waals surface area (Å²) in [5, 5.41) is 0. The van der Waals surface area contributed by atoms with Crippen molar-refractivity contribution in [1.82, 2.24) is 0 Å². The van der Waals surface area contributed by atoms with Gasteiger partial charge in [0.25, 0.3) is 0 Å². The number of hydrogen-bond acceptors (Lipinski definition) is 0. The summed E-state index contributed by atoms with van der Waals surface area (Å²) in [5.41, 5.74) is 0. The first kappa shape index (κ1) is 13.1. The molecule has 0 aliphatic heterocycles. The molecule has 82 valence electrons. The lowest BCUT2D eigenvalue weighted by Crippen LogP contribution is -2.16. The number of alkyl halides is 2. The van der Waals surface area contributed by atoms with Crippen molar-refractivity contribution in [3.05, 3.63) is 31.7 Å². The highest BCUT2D eigenvalue weighted by molar-refractivity contribution is 9.14. The normalized spacial score (nSPS) is 40.2. The highest BCUT2D eigenvalue weighted by Crippen LogP contribution is 2.47. The van der Waals surface area contributed by atoms with Crippen molar-refractivity contribution in [2.24, 2.45) is 11.8 Å². The fourth-order valence-corrected chi connectivity index (χ4v) is 6.60. The van der Waals surface area contributed by atoms with Gasteiger partial charge in [0, 0.05) is 30.1 Å². The molecule has 4 atom stereocenters. The van der Waals surface area contributed by atoms with E-state index in [4.69, 9.17) is 0 Å². The van der Waals surface area contributed by atoms with Gasteiger partial charge in [-0.3, -0.25) is 0 Å². The highest BCUT2D eigenvalue weighted by atomic mass is 79.9. The predicted molar refractivity (Wildman–Crippen MR) is 83.4 cm³/mol. The van der Waals surface area contributed by atoms with E-state index >= 15 is 0 Å². The molecule has 0 heterocycles. The van der Waals surface area contributed by atoms with Gasteiger partial charge in [-0.15, -0.1) is 0 Å². The Morgan fingerprint density at radius 3 is 2.00 bits per heavy atom. The molecule has 5 heteroatoms. The third kappa shape index (κ3) is 2.56. The first-order valence-electron chi connectivity index (χ1n) is 4.40. The SMILES string of the molecule is BrC1=CC2C=C(Br)C(C(Br)=CC2Br)C1Br. The van der Waals surface area contributed by atoms with Crippen LogP contribution in [0.4, 0.5) is 0 Å². The van der Waals surface area contributed by atoms with E-state index in [1.165, 1.54) is 13.4 Å². The smallest absolute Gasteiger partial charge is 0.0577 e. The molecule has 0 aromatic heterocycles. The Hall–Kier alpha value is 1.62. The summed E-state index contributed by atoms with van der Waals surface area (Å²) in [5.74, 6) is 0.706. The zero-order chi connectivity index (χ0) is 11.2. The van der Waals surface area contributed by atoms with Crippen LogP contribution < -0.4 is 0 Å². The maximum Gasteiger partial charge on any atom is 0.0577 e. The van der Waals surface area contributed by atoms with E-state index in [9.17, 15) is 0 Å². The molecule has 0 aromatic carbocycles. The van der Waals surface area contributed by atoms with Crippen LogP contribution in [0, 0.1) is 11.8 Å². The lowest BCUT2D eigenvalue weighted by atomic mass is 10.0. The molecule has 0 saturated heterocycles. The van der Waals surface area contributed by atoms with E-state index in [1.807, 2.05) is 0 Å². The highest BCUT2D eigenvalue weighted by Gasteiger charge is 2.34. The molecule has 4 unspecified atom stereocenters. The average molecular weight is 527 g/mol. The summed E-state index contributed by atoms with van der Waals surface area (Å²) in [6.07, 6.45) is 6.73. The van der Waals surface area contributed by atoms with Gasteiger partial charge in [0.15, 0.2) is 0 Å². The van der Waals surface area contributed by atoms with E-state index in [2.05, 4.69) is 97.9 Å². The fourth-order valence-electron chi connectivity index (χ4n) is 1.73. The lowest BCUT2D eigenvalue weighted by molar-refractivity contribution is 0.823. The quantitative estimate of drug-likeness (QED) is 0.360. The summed E-state index contributed by atoms with van der Waals surface area (Å²) in [7, 11) is 0.